The number of hydrogen-bond donors (Lipinski definition) is 0. The Balaban J connectivity index is 2.45. The SMILES string of the molecule is CC(C)([OH2+])C(C)(C)O[B]SC1OC(C)(C)C(C)(C)O1. The molecule has 0 bridgehead atoms. The van der Waals surface area contributed by atoms with E-state index in [9.17, 15) is 0 Å². The van der Waals surface area contributed by atoms with Gasteiger partial charge in [-0.25, -0.2) is 0 Å². The zero-order valence-corrected chi connectivity index (χ0v) is 14.1. The largest absolute Gasteiger partial charge is 0.439 e. The van der Waals surface area contributed by atoms with Gasteiger partial charge in [0.25, 0.3) is 0 Å². The fourth-order valence-corrected chi connectivity index (χ4v) is 2.16. The van der Waals surface area contributed by atoms with Crippen molar-refractivity contribution in [3.63, 3.8) is 0 Å². The van der Waals surface area contributed by atoms with Crippen LogP contribution in [0, 0.1) is 0 Å². The molecule has 111 valence electrons. The summed E-state index contributed by atoms with van der Waals surface area (Å²) in [6.07, 6.45) is 0. The van der Waals surface area contributed by atoms with Gasteiger partial charge in [0.05, 0.1) is 11.2 Å². The first kappa shape index (κ1) is 17.3. The third-order valence-corrected chi connectivity index (χ3v) is 4.87. The highest BCUT2D eigenvalue weighted by atomic mass is 32.2. The van der Waals surface area contributed by atoms with Crippen molar-refractivity contribution in [1.29, 1.82) is 0 Å². The van der Waals surface area contributed by atoms with E-state index in [4.69, 9.17) is 19.2 Å². The van der Waals surface area contributed by atoms with Crippen LogP contribution in [-0.2, 0) is 14.1 Å². The van der Waals surface area contributed by atoms with Crippen LogP contribution in [0.15, 0.2) is 0 Å². The van der Waals surface area contributed by atoms with Crippen LogP contribution >= 0.6 is 11.6 Å². The number of rotatable bonds is 5. The summed E-state index contributed by atoms with van der Waals surface area (Å²) in [5.74, 6) is 0. The molecule has 6 heteroatoms. The van der Waals surface area contributed by atoms with E-state index in [2.05, 4.69) is 0 Å². The Kier molecular flexibility index (Phi) is 4.76. The molecular weight excluding hydrogens is 263 g/mol. The molecule has 0 atom stereocenters. The van der Waals surface area contributed by atoms with E-state index in [1.165, 1.54) is 11.6 Å². The average Bonchev–Trinajstić information content (AvgIpc) is 2.32. The van der Waals surface area contributed by atoms with Crippen molar-refractivity contribution in [2.75, 3.05) is 0 Å². The predicted octanol–water partition coefficient (Wildman–Crippen LogP) is 2.44. The van der Waals surface area contributed by atoms with Crippen LogP contribution in [0.25, 0.3) is 0 Å². The van der Waals surface area contributed by atoms with Crippen LogP contribution in [0.5, 0.6) is 0 Å². The van der Waals surface area contributed by atoms with Gasteiger partial charge in [-0.05, 0) is 41.5 Å². The quantitative estimate of drug-likeness (QED) is 0.576. The lowest BCUT2D eigenvalue weighted by Crippen LogP contribution is -2.47. The maximum Gasteiger partial charge on any atom is 0.377 e. The molecule has 1 saturated heterocycles. The molecule has 1 rings (SSSR count). The van der Waals surface area contributed by atoms with E-state index in [0.29, 0.717) is 0 Å². The predicted molar refractivity (Wildman–Crippen MR) is 80.3 cm³/mol. The van der Waals surface area contributed by atoms with Gasteiger partial charge in [-0.2, -0.15) is 0 Å². The first-order valence-corrected chi connectivity index (χ1v) is 7.48. The van der Waals surface area contributed by atoms with E-state index in [1.54, 1.807) is 6.76 Å². The fraction of sp³-hybridized carbons (Fsp3) is 1.00. The molecule has 1 heterocycles. The lowest BCUT2D eigenvalue weighted by atomic mass is 9.89. The minimum atomic E-state index is -0.681. The fourth-order valence-electron chi connectivity index (χ4n) is 1.19. The number of hydrogen-bond acceptors (Lipinski definition) is 4. The third kappa shape index (κ3) is 3.88. The minimum Gasteiger partial charge on any atom is -0.439 e. The summed E-state index contributed by atoms with van der Waals surface area (Å²) in [6, 6.07) is 0. The van der Waals surface area contributed by atoms with Crippen molar-refractivity contribution in [2.24, 2.45) is 0 Å². The van der Waals surface area contributed by atoms with Crippen molar-refractivity contribution in [3.8, 4) is 0 Å². The molecule has 2 N–H and O–H groups in total. The zero-order chi connectivity index (χ0) is 15.1. The Morgan fingerprint density at radius 1 is 1.05 bits per heavy atom. The Labute approximate surface area is 121 Å². The van der Waals surface area contributed by atoms with Crippen molar-refractivity contribution in [2.45, 2.75) is 83.4 Å². The van der Waals surface area contributed by atoms with E-state index < -0.39 is 11.2 Å². The van der Waals surface area contributed by atoms with Gasteiger partial charge in [-0.3, -0.25) is 0 Å². The van der Waals surface area contributed by atoms with E-state index in [1.807, 2.05) is 55.4 Å². The maximum absolute atomic E-state index is 8.03. The van der Waals surface area contributed by atoms with Gasteiger partial charge in [0.15, 0.2) is 5.60 Å². The summed E-state index contributed by atoms with van der Waals surface area (Å²) in [5.41, 5.74) is -2.27. The van der Waals surface area contributed by atoms with Crippen molar-refractivity contribution in [3.05, 3.63) is 0 Å². The second-order valence-corrected chi connectivity index (χ2v) is 7.88. The van der Waals surface area contributed by atoms with Gasteiger partial charge in [-0.1, -0.05) is 0 Å². The molecule has 0 unspecified atom stereocenters. The first-order chi connectivity index (χ1) is 8.29. The van der Waals surface area contributed by atoms with Crippen molar-refractivity contribution in [1.82, 2.24) is 0 Å². The summed E-state index contributed by atoms with van der Waals surface area (Å²) in [6.45, 7) is 17.2. The second kappa shape index (κ2) is 5.22. The van der Waals surface area contributed by atoms with Crippen LogP contribution < -0.4 is 0 Å². The molecule has 0 aliphatic carbocycles. The molecule has 0 saturated carbocycles. The summed E-state index contributed by atoms with van der Waals surface area (Å²) in [7, 11) is 0. The second-order valence-electron chi connectivity index (χ2n) is 7.03. The Morgan fingerprint density at radius 3 is 1.84 bits per heavy atom. The Morgan fingerprint density at radius 2 is 1.47 bits per heavy atom. The molecule has 1 aliphatic rings. The summed E-state index contributed by atoms with van der Waals surface area (Å²) >= 11 is 1.36. The molecular formula is C13H27BO4S+. The normalized spacial score (nSPS) is 23.6. The molecule has 4 nitrogen and oxygen atoms in total. The summed E-state index contributed by atoms with van der Waals surface area (Å²) in [5, 5.41) is 8.03. The van der Waals surface area contributed by atoms with Gasteiger partial charge >= 0.3 is 6.76 Å². The third-order valence-electron chi connectivity index (χ3n) is 4.25. The van der Waals surface area contributed by atoms with Crippen LogP contribution in [-0.4, -0.2) is 39.9 Å². The van der Waals surface area contributed by atoms with Crippen LogP contribution in [0.2, 0.25) is 0 Å². The standard InChI is InChI=1S/C13H26BO4S/c1-10(2,15)11(3,4)18-14-19-9-16-12(5,6)13(7,8)17-9/h9,15H,1-8H3/p+1. The molecule has 0 aromatic heterocycles. The lowest BCUT2D eigenvalue weighted by molar-refractivity contribution is -0.0887. The van der Waals surface area contributed by atoms with Gasteiger partial charge < -0.3 is 19.2 Å². The summed E-state index contributed by atoms with van der Waals surface area (Å²) in [4.78, 5) is 0. The molecule has 0 aromatic carbocycles. The molecule has 19 heavy (non-hydrogen) atoms. The molecule has 1 radical (unpaired) electrons. The van der Waals surface area contributed by atoms with E-state index in [0.717, 1.165) is 0 Å². The minimum absolute atomic E-state index is 0.331. The maximum atomic E-state index is 8.03. The molecule has 0 spiro atoms. The Hall–Kier alpha value is 0.255. The topological polar surface area (TPSA) is 50.6 Å². The van der Waals surface area contributed by atoms with E-state index >= 15 is 0 Å². The van der Waals surface area contributed by atoms with Gasteiger partial charge in [0, 0.05) is 13.8 Å². The lowest BCUT2D eigenvalue weighted by Gasteiger charge is -2.33. The highest BCUT2D eigenvalue weighted by Crippen LogP contribution is 2.41. The molecule has 0 aromatic rings. The smallest absolute Gasteiger partial charge is 0.377 e. The highest BCUT2D eigenvalue weighted by molar-refractivity contribution is 8.22. The number of ether oxygens (including phenoxy) is 2. The molecule has 1 fully saturated rings. The monoisotopic (exact) mass is 290 g/mol. The van der Waals surface area contributed by atoms with Crippen LogP contribution in [0.1, 0.15) is 55.4 Å². The molecule has 1 aliphatic heterocycles. The summed E-state index contributed by atoms with van der Waals surface area (Å²) < 4.78 is 17.4. The first-order valence-electron chi connectivity index (χ1n) is 6.54. The Bertz CT molecular complexity index is 307. The van der Waals surface area contributed by atoms with Crippen molar-refractivity contribution < 1.29 is 19.2 Å². The van der Waals surface area contributed by atoms with Gasteiger partial charge in [0.1, 0.15) is 5.60 Å². The van der Waals surface area contributed by atoms with E-state index in [-0.39, 0.29) is 16.8 Å². The highest BCUT2D eigenvalue weighted by Gasteiger charge is 2.49. The van der Waals surface area contributed by atoms with Gasteiger partial charge in [-0.15, -0.1) is 11.6 Å². The van der Waals surface area contributed by atoms with Gasteiger partial charge in [0.2, 0.25) is 5.62 Å². The zero-order valence-electron chi connectivity index (χ0n) is 13.3. The average molecular weight is 290 g/mol. The molecule has 0 amide bonds. The van der Waals surface area contributed by atoms with Crippen molar-refractivity contribution >= 4 is 18.4 Å². The van der Waals surface area contributed by atoms with Crippen LogP contribution in [0.3, 0.4) is 0 Å². The van der Waals surface area contributed by atoms with Crippen LogP contribution in [0.4, 0.5) is 0 Å².